The Bertz CT molecular complexity index is 827. The fraction of sp³-hybridized carbons (Fsp3) is 0.364. The molecule has 0 aliphatic carbocycles. The maximum atomic E-state index is 12.4. The van der Waals surface area contributed by atoms with E-state index in [4.69, 9.17) is 5.11 Å². The van der Waals surface area contributed by atoms with E-state index in [2.05, 4.69) is 15.5 Å². The maximum absolute atomic E-state index is 12.4. The molecule has 6 nitrogen and oxygen atoms in total. The van der Waals surface area contributed by atoms with Gasteiger partial charge in [0.05, 0.1) is 12.1 Å². The molecule has 1 aliphatic heterocycles. The zero-order chi connectivity index (χ0) is 19.9. The molecule has 0 spiro atoms. The number of nitrogens with zero attached hydrogens (tertiary/aromatic N) is 1. The molecule has 0 aromatic heterocycles. The van der Waals surface area contributed by atoms with E-state index in [1.54, 1.807) is 24.3 Å². The largest absolute Gasteiger partial charge is 0.478 e. The van der Waals surface area contributed by atoms with Gasteiger partial charge in [0, 0.05) is 17.9 Å². The van der Waals surface area contributed by atoms with Gasteiger partial charge in [-0.25, -0.2) is 4.79 Å². The highest BCUT2D eigenvalue weighted by Gasteiger charge is 2.14. The first-order chi connectivity index (χ1) is 13.5. The quantitative estimate of drug-likeness (QED) is 0.681. The van der Waals surface area contributed by atoms with Gasteiger partial charge in [-0.15, -0.1) is 0 Å². The first-order valence-electron chi connectivity index (χ1n) is 9.70. The third kappa shape index (κ3) is 5.57. The zero-order valence-electron chi connectivity index (χ0n) is 16.2. The van der Waals surface area contributed by atoms with Crippen LogP contribution in [0, 0.1) is 6.92 Å². The number of carboxylic acid groups (broad SMARTS) is 1. The molecule has 0 saturated carbocycles. The molecule has 1 amide bonds. The van der Waals surface area contributed by atoms with E-state index in [1.165, 1.54) is 19.3 Å². The van der Waals surface area contributed by atoms with Gasteiger partial charge in [-0.2, -0.15) is 0 Å². The molecule has 3 rings (SSSR count). The number of hydrogen-bond acceptors (Lipinski definition) is 4. The second kappa shape index (κ2) is 9.37. The lowest BCUT2D eigenvalue weighted by Crippen LogP contribution is -2.36. The van der Waals surface area contributed by atoms with Gasteiger partial charge in [0.15, 0.2) is 0 Å². The van der Waals surface area contributed by atoms with Gasteiger partial charge in [0.2, 0.25) is 5.91 Å². The summed E-state index contributed by atoms with van der Waals surface area (Å²) in [6.07, 6.45) is 3.59. The van der Waals surface area contributed by atoms with Crippen LogP contribution in [-0.2, 0) is 11.3 Å². The second-order valence-electron chi connectivity index (χ2n) is 7.27. The number of piperidine rings is 1. The van der Waals surface area contributed by atoms with E-state index >= 15 is 0 Å². The van der Waals surface area contributed by atoms with E-state index in [1.807, 2.05) is 25.1 Å². The Balaban J connectivity index is 1.57. The molecule has 0 bridgehead atoms. The molecule has 148 valence electrons. The van der Waals surface area contributed by atoms with Gasteiger partial charge >= 0.3 is 5.97 Å². The van der Waals surface area contributed by atoms with Crippen LogP contribution < -0.4 is 10.6 Å². The molecular weight excluding hydrogens is 354 g/mol. The number of aromatic carboxylic acids is 1. The monoisotopic (exact) mass is 381 g/mol. The Hall–Kier alpha value is -2.86. The minimum absolute atomic E-state index is 0.0198. The van der Waals surface area contributed by atoms with Crippen molar-refractivity contribution in [1.29, 1.82) is 0 Å². The summed E-state index contributed by atoms with van der Waals surface area (Å²) in [5.74, 6) is -0.908. The van der Waals surface area contributed by atoms with Crippen molar-refractivity contribution in [3.05, 3.63) is 59.2 Å². The standard InChI is InChI=1S/C22H27N3O3/c1-16-5-10-19(23-14-17-6-8-18(9-7-17)22(27)28)13-20(16)24-21(26)15-25-11-3-2-4-12-25/h5-10,13,23H,2-4,11-12,14-15H2,1H3,(H,24,26)(H,27,28). The van der Waals surface area contributed by atoms with E-state index in [-0.39, 0.29) is 11.5 Å². The summed E-state index contributed by atoms with van der Waals surface area (Å²) in [4.78, 5) is 25.5. The molecule has 0 atom stereocenters. The van der Waals surface area contributed by atoms with Crippen molar-refractivity contribution in [3.63, 3.8) is 0 Å². The summed E-state index contributed by atoms with van der Waals surface area (Å²) in [6, 6.07) is 12.7. The lowest BCUT2D eigenvalue weighted by Gasteiger charge is -2.25. The van der Waals surface area contributed by atoms with Gasteiger partial charge in [0.1, 0.15) is 0 Å². The number of carboxylic acids is 1. The van der Waals surface area contributed by atoms with Crippen molar-refractivity contribution < 1.29 is 14.7 Å². The molecule has 2 aromatic carbocycles. The molecule has 0 radical (unpaired) electrons. The topological polar surface area (TPSA) is 81.7 Å². The molecule has 1 aliphatic rings. The van der Waals surface area contributed by atoms with Crippen molar-refractivity contribution in [1.82, 2.24) is 4.90 Å². The minimum atomic E-state index is -0.928. The van der Waals surface area contributed by atoms with Crippen LogP contribution in [0.1, 0.15) is 40.7 Å². The lowest BCUT2D eigenvalue weighted by molar-refractivity contribution is -0.117. The number of likely N-dealkylation sites (tertiary alicyclic amines) is 1. The fourth-order valence-corrected chi connectivity index (χ4v) is 3.35. The van der Waals surface area contributed by atoms with Gasteiger partial charge in [-0.3, -0.25) is 9.69 Å². The summed E-state index contributed by atoms with van der Waals surface area (Å²) in [7, 11) is 0. The minimum Gasteiger partial charge on any atom is -0.478 e. The fourth-order valence-electron chi connectivity index (χ4n) is 3.35. The van der Waals surface area contributed by atoms with Gasteiger partial charge in [-0.1, -0.05) is 24.6 Å². The molecular formula is C22H27N3O3. The Kier molecular flexibility index (Phi) is 6.66. The smallest absolute Gasteiger partial charge is 0.335 e. The van der Waals surface area contributed by atoms with Crippen LogP contribution in [0.15, 0.2) is 42.5 Å². The molecule has 1 heterocycles. The third-order valence-corrected chi connectivity index (χ3v) is 5.03. The number of rotatable bonds is 7. The molecule has 0 unspecified atom stereocenters. The molecule has 1 fully saturated rings. The maximum Gasteiger partial charge on any atom is 0.335 e. The highest BCUT2D eigenvalue weighted by molar-refractivity contribution is 5.93. The first kappa shape index (κ1) is 19.9. The number of nitrogens with one attached hydrogen (secondary N) is 2. The normalized spacial score (nSPS) is 14.5. The Labute approximate surface area is 165 Å². The van der Waals surface area contributed by atoms with Crippen LogP contribution >= 0.6 is 0 Å². The van der Waals surface area contributed by atoms with Crippen molar-refractivity contribution in [2.75, 3.05) is 30.3 Å². The summed E-state index contributed by atoms with van der Waals surface area (Å²) in [5, 5.41) is 15.3. The van der Waals surface area contributed by atoms with Gasteiger partial charge < -0.3 is 15.7 Å². The predicted molar refractivity (Wildman–Crippen MR) is 111 cm³/mol. The molecule has 2 aromatic rings. The lowest BCUT2D eigenvalue weighted by atomic mass is 10.1. The van der Waals surface area contributed by atoms with E-state index in [0.717, 1.165) is 35.6 Å². The summed E-state index contributed by atoms with van der Waals surface area (Å²) >= 11 is 0. The summed E-state index contributed by atoms with van der Waals surface area (Å²) in [6.45, 7) is 4.98. The zero-order valence-corrected chi connectivity index (χ0v) is 16.2. The van der Waals surface area contributed by atoms with Crippen molar-refractivity contribution >= 4 is 23.3 Å². The molecule has 1 saturated heterocycles. The van der Waals surface area contributed by atoms with Crippen molar-refractivity contribution in [2.24, 2.45) is 0 Å². The van der Waals surface area contributed by atoms with Crippen LogP contribution in [0.25, 0.3) is 0 Å². The Morgan fingerprint density at radius 1 is 1.04 bits per heavy atom. The van der Waals surface area contributed by atoms with E-state index in [9.17, 15) is 9.59 Å². The average molecular weight is 381 g/mol. The van der Waals surface area contributed by atoms with E-state index < -0.39 is 5.97 Å². The third-order valence-electron chi connectivity index (χ3n) is 5.03. The Morgan fingerprint density at radius 2 is 1.75 bits per heavy atom. The SMILES string of the molecule is Cc1ccc(NCc2ccc(C(=O)O)cc2)cc1NC(=O)CN1CCCCC1. The van der Waals surface area contributed by atoms with Crippen LogP contribution in [0.3, 0.4) is 0 Å². The molecule has 28 heavy (non-hydrogen) atoms. The summed E-state index contributed by atoms with van der Waals surface area (Å²) in [5.41, 5.74) is 4.00. The average Bonchev–Trinajstić information content (AvgIpc) is 2.69. The summed E-state index contributed by atoms with van der Waals surface area (Å²) < 4.78 is 0. The number of carbonyl (C=O) groups excluding carboxylic acids is 1. The second-order valence-corrected chi connectivity index (χ2v) is 7.27. The highest BCUT2D eigenvalue weighted by atomic mass is 16.4. The van der Waals surface area contributed by atoms with Gasteiger partial charge in [0.25, 0.3) is 0 Å². The first-order valence-corrected chi connectivity index (χ1v) is 9.70. The number of amides is 1. The van der Waals surface area contributed by atoms with Crippen LogP contribution in [-0.4, -0.2) is 41.5 Å². The number of anilines is 2. The number of aryl methyl sites for hydroxylation is 1. The van der Waals surface area contributed by atoms with E-state index in [0.29, 0.717) is 13.1 Å². The van der Waals surface area contributed by atoms with Crippen molar-refractivity contribution in [2.45, 2.75) is 32.7 Å². The van der Waals surface area contributed by atoms with Crippen LogP contribution in [0.2, 0.25) is 0 Å². The highest BCUT2D eigenvalue weighted by Crippen LogP contribution is 2.21. The van der Waals surface area contributed by atoms with Crippen LogP contribution in [0.5, 0.6) is 0 Å². The Morgan fingerprint density at radius 3 is 2.43 bits per heavy atom. The predicted octanol–water partition coefficient (Wildman–Crippen LogP) is 3.73. The molecule has 6 heteroatoms. The number of benzene rings is 2. The van der Waals surface area contributed by atoms with Gasteiger partial charge in [-0.05, 0) is 68.2 Å². The van der Waals surface area contributed by atoms with Crippen molar-refractivity contribution in [3.8, 4) is 0 Å². The number of hydrogen-bond donors (Lipinski definition) is 3. The van der Waals surface area contributed by atoms with Crippen LogP contribution in [0.4, 0.5) is 11.4 Å². The number of carbonyl (C=O) groups is 2. The molecule has 3 N–H and O–H groups in total.